The molecule has 0 aliphatic carbocycles. The van der Waals surface area contributed by atoms with Gasteiger partial charge in [0.25, 0.3) is 0 Å². The minimum absolute atomic E-state index is 0. The standard InChI is InChI=1S/C26H30BrNO2.ClH/c1-3-29-25-17-23(18-28-20(2)14-15-21-10-6-4-7-11-21)16-24(27)26(25)30-19-22-12-8-5-9-13-22;/h4-13,16-17,20,28H,3,14-15,18-19H2,1-2H3;1H. The highest BCUT2D eigenvalue weighted by molar-refractivity contribution is 9.10. The first-order valence-electron chi connectivity index (χ1n) is 10.5. The summed E-state index contributed by atoms with van der Waals surface area (Å²) in [5, 5.41) is 3.63. The van der Waals surface area contributed by atoms with Crippen molar-refractivity contribution in [1.82, 2.24) is 5.32 Å². The van der Waals surface area contributed by atoms with E-state index in [0.717, 1.165) is 40.9 Å². The molecule has 0 amide bonds. The van der Waals surface area contributed by atoms with E-state index in [1.807, 2.05) is 25.1 Å². The molecule has 1 atom stereocenters. The molecule has 3 aromatic carbocycles. The zero-order chi connectivity index (χ0) is 21.2. The average molecular weight is 505 g/mol. The van der Waals surface area contributed by atoms with Gasteiger partial charge in [-0.2, -0.15) is 0 Å². The smallest absolute Gasteiger partial charge is 0.175 e. The number of hydrogen-bond acceptors (Lipinski definition) is 3. The Morgan fingerprint density at radius 2 is 1.52 bits per heavy atom. The Kier molecular flexibility index (Phi) is 10.9. The van der Waals surface area contributed by atoms with Crippen molar-refractivity contribution in [1.29, 1.82) is 0 Å². The summed E-state index contributed by atoms with van der Waals surface area (Å²) >= 11 is 3.68. The van der Waals surface area contributed by atoms with Crippen molar-refractivity contribution >= 4 is 28.3 Å². The van der Waals surface area contributed by atoms with Crippen molar-refractivity contribution in [3.63, 3.8) is 0 Å². The Morgan fingerprint density at radius 1 is 0.871 bits per heavy atom. The lowest BCUT2D eigenvalue weighted by atomic mass is 10.1. The predicted octanol–water partition coefficient (Wildman–Crippen LogP) is 6.96. The lowest BCUT2D eigenvalue weighted by molar-refractivity contribution is 0.267. The van der Waals surface area contributed by atoms with E-state index in [1.54, 1.807) is 0 Å². The number of benzene rings is 3. The molecule has 1 unspecified atom stereocenters. The molecule has 0 heterocycles. The monoisotopic (exact) mass is 503 g/mol. The molecule has 31 heavy (non-hydrogen) atoms. The number of aryl methyl sites for hydroxylation is 1. The number of nitrogens with one attached hydrogen (secondary N) is 1. The summed E-state index contributed by atoms with van der Waals surface area (Å²) in [7, 11) is 0. The molecule has 0 bridgehead atoms. The van der Waals surface area contributed by atoms with E-state index in [4.69, 9.17) is 9.47 Å². The molecule has 0 aromatic heterocycles. The highest BCUT2D eigenvalue weighted by Crippen LogP contribution is 2.37. The van der Waals surface area contributed by atoms with Crippen molar-refractivity contribution < 1.29 is 9.47 Å². The maximum atomic E-state index is 6.08. The van der Waals surface area contributed by atoms with Gasteiger partial charge in [0.2, 0.25) is 0 Å². The molecule has 166 valence electrons. The van der Waals surface area contributed by atoms with Gasteiger partial charge in [-0.05, 0) is 71.4 Å². The van der Waals surface area contributed by atoms with Gasteiger partial charge in [-0.1, -0.05) is 60.7 Å². The van der Waals surface area contributed by atoms with Crippen LogP contribution in [0.5, 0.6) is 11.5 Å². The number of rotatable bonds is 11. The Bertz CT molecular complexity index is 906. The summed E-state index contributed by atoms with van der Waals surface area (Å²) < 4.78 is 12.9. The molecular formula is C26H31BrClNO2. The molecule has 0 spiro atoms. The lowest BCUT2D eigenvalue weighted by Gasteiger charge is -2.18. The minimum Gasteiger partial charge on any atom is -0.490 e. The quantitative estimate of drug-likeness (QED) is 0.306. The number of hydrogen-bond donors (Lipinski definition) is 1. The van der Waals surface area contributed by atoms with Gasteiger partial charge in [0.1, 0.15) is 6.61 Å². The Hall–Kier alpha value is -2.01. The molecule has 3 nitrogen and oxygen atoms in total. The van der Waals surface area contributed by atoms with E-state index in [9.17, 15) is 0 Å². The summed E-state index contributed by atoms with van der Waals surface area (Å²) in [4.78, 5) is 0. The largest absolute Gasteiger partial charge is 0.490 e. The van der Waals surface area contributed by atoms with E-state index in [0.29, 0.717) is 19.3 Å². The molecule has 3 rings (SSSR count). The van der Waals surface area contributed by atoms with Crippen molar-refractivity contribution in [3.8, 4) is 11.5 Å². The van der Waals surface area contributed by atoms with Crippen molar-refractivity contribution in [2.75, 3.05) is 6.61 Å². The SMILES string of the molecule is CCOc1cc(CNC(C)CCc2ccccc2)cc(Br)c1OCc1ccccc1.Cl. The van der Waals surface area contributed by atoms with Crippen LogP contribution in [-0.2, 0) is 19.6 Å². The second-order valence-corrected chi connectivity index (χ2v) is 8.27. The Morgan fingerprint density at radius 3 is 2.16 bits per heavy atom. The predicted molar refractivity (Wildman–Crippen MR) is 134 cm³/mol. The summed E-state index contributed by atoms with van der Waals surface area (Å²) in [5.74, 6) is 1.53. The Labute approximate surface area is 200 Å². The topological polar surface area (TPSA) is 30.5 Å². The minimum atomic E-state index is 0. The van der Waals surface area contributed by atoms with Crippen molar-refractivity contribution in [2.24, 2.45) is 0 Å². The van der Waals surface area contributed by atoms with Crippen LogP contribution in [0.3, 0.4) is 0 Å². The van der Waals surface area contributed by atoms with Crippen LogP contribution in [0.1, 0.15) is 37.0 Å². The molecular weight excluding hydrogens is 474 g/mol. The van der Waals surface area contributed by atoms with Gasteiger partial charge < -0.3 is 14.8 Å². The fourth-order valence-electron chi connectivity index (χ4n) is 3.28. The third kappa shape index (κ3) is 8.21. The fourth-order valence-corrected chi connectivity index (χ4v) is 3.88. The summed E-state index contributed by atoms with van der Waals surface area (Å²) in [6.45, 7) is 6.12. The van der Waals surface area contributed by atoms with Gasteiger partial charge in [-0.15, -0.1) is 12.4 Å². The molecule has 0 fully saturated rings. The van der Waals surface area contributed by atoms with Gasteiger partial charge in [-0.3, -0.25) is 0 Å². The van der Waals surface area contributed by atoms with Gasteiger partial charge in [0.05, 0.1) is 11.1 Å². The highest BCUT2D eigenvalue weighted by atomic mass is 79.9. The van der Waals surface area contributed by atoms with Crippen molar-refractivity contribution in [3.05, 3.63) is 94.0 Å². The van der Waals surface area contributed by atoms with E-state index < -0.39 is 0 Å². The zero-order valence-corrected chi connectivity index (χ0v) is 20.5. The molecule has 1 N–H and O–H groups in total. The van der Waals surface area contributed by atoms with E-state index in [-0.39, 0.29) is 12.4 Å². The first-order valence-corrected chi connectivity index (χ1v) is 11.3. The second-order valence-electron chi connectivity index (χ2n) is 7.42. The highest BCUT2D eigenvalue weighted by Gasteiger charge is 2.13. The third-order valence-electron chi connectivity index (χ3n) is 4.96. The number of ether oxygens (including phenoxy) is 2. The molecule has 0 radical (unpaired) electrons. The van der Waals surface area contributed by atoms with E-state index in [2.05, 4.69) is 82.8 Å². The zero-order valence-electron chi connectivity index (χ0n) is 18.1. The molecule has 0 saturated carbocycles. The van der Waals surface area contributed by atoms with Crippen LogP contribution in [0, 0.1) is 0 Å². The summed E-state index contributed by atoms with van der Waals surface area (Å²) in [5.41, 5.74) is 3.68. The van der Waals surface area contributed by atoms with Gasteiger partial charge >= 0.3 is 0 Å². The van der Waals surface area contributed by atoms with Crippen LogP contribution < -0.4 is 14.8 Å². The summed E-state index contributed by atoms with van der Waals surface area (Å²) in [6.07, 6.45) is 2.18. The van der Waals surface area contributed by atoms with Gasteiger partial charge in [0, 0.05) is 12.6 Å². The van der Waals surface area contributed by atoms with Crippen LogP contribution in [-0.4, -0.2) is 12.6 Å². The number of halogens is 2. The van der Waals surface area contributed by atoms with E-state index in [1.165, 1.54) is 11.1 Å². The fraction of sp³-hybridized carbons (Fsp3) is 0.308. The van der Waals surface area contributed by atoms with Gasteiger partial charge in [0.15, 0.2) is 11.5 Å². The van der Waals surface area contributed by atoms with Crippen LogP contribution in [0.15, 0.2) is 77.3 Å². The lowest BCUT2D eigenvalue weighted by Crippen LogP contribution is -2.26. The second kappa shape index (κ2) is 13.4. The van der Waals surface area contributed by atoms with Gasteiger partial charge in [-0.25, -0.2) is 0 Å². The maximum absolute atomic E-state index is 6.08. The van der Waals surface area contributed by atoms with Crippen LogP contribution in [0.25, 0.3) is 0 Å². The molecule has 0 aliphatic heterocycles. The van der Waals surface area contributed by atoms with Crippen molar-refractivity contribution in [2.45, 2.75) is 45.9 Å². The first kappa shape index (κ1) is 25.3. The molecule has 0 aliphatic rings. The maximum Gasteiger partial charge on any atom is 0.175 e. The van der Waals surface area contributed by atoms with Crippen LogP contribution in [0.4, 0.5) is 0 Å². The summed E-state index contributed by atoms with van der Waals surface area (Å²) in [6, 6.07) is 25.4. The molecule has 5 heteroatoms. The average Bonchev–Trinajstić information content (AvgIpc) is 2.77. The van der Waals surface area contributed by atoms with Crippen LogP contribution >= 0.6 is 28.3 Å². The normalized spacial score (nSPS) is 11.5. The Balaban J connectivity index is 0.00000341. The van der Waals surface area contributed by atoms with Crippen LogP contribution in [0.2, 0.25) is 0 Å². The third-order valence-corrected chi connectivity index (χ3v) is 5.55. The molecule has 0 saturated heterocycles. The molecule has 3 aromatic rings. The first-order chi connectivity index (χ1) is 14.7. The van der Waals surface area contributed by atoms with E-state index >= 15 is 0 Å².